The fourth-order valence-electron chi connectivity index (χ4n) is 4.21. The summed E-state index contributed by atoms with van der Waals surface area (Å²) in [6, 6.07) is 19.6. The quantitative estimate of drug-likeness (QED) is 0.219. The van der Waals surface area contributed by atoms with Crippen molar-refractivity contribution in [2.45, 2.75) is 19.3 Å². The third-order valence-corrected chi connectivity index (χ3v) is 5.75. The Morgan fingerprint density at radius 2 is 1.76 bits per heavy atom. The van der Waals surface area contributed by atoms with E-state index in [4.69, 9.17) is 10.5 Å². The van der Waals surface area contributed by atoms with Crippen LogP contribution in [0.3, 0.4) is 0 Å². The molecule has 0 atom stereocenters. The standard InChI is InChI=1S/C26H25N3O4/c1-17-14-18(25(27)24(15-17)29(31)32)8-6-7-13-28-26(30)33-16-23-21-11-4-2-9-19(21)20-10-3-5-12-22(20)23/h2-6,8-12,14-15,23H,7,13,16,27H2,1H3,(H,28,30). The smallest absolute Gasteiger partial charge is 0.407 e. The third-order valence-electron chi connectivity index (χ3n) is 5.75. The zero-order valence-corrected chi connectivity index (χ0v) is 18.3. The third kappa shape index (κ3) is 4.72. The summed E-state index contributed by atoms with van der Waals surface area (Å²) in [5, 5.41) is 13.9. The molecule has 0 saturated carbocycles. The topological polar surface area (TPSA) is 107 Å². The molecule has 7 heteroatoms. The van der Waals surface area contributed by atoms with E-state index in [1.165, 1.54) is 28.3 Å². The maximum Gasteiger partial charge on any atom is 0.407 e. The van der Waals surface area contributed by atoms with E-state index in [1.807, 2.05) is 30.3 Å². The van der Waals surface area contributed by atoms with Crippen molar-refractivity contribution in [1.82, 2.24) is 5.32 Å². The van der Waals surface area contributed by atoms with E-state index in [0.29, 0.717) is 18.5 Å². The Balaban J connectivity index is 1.30. The van der Waals surface area contributed by atoms with E-state index in [0.717, 1.165) is 5.56 Å². The second-order valence-electron chi connectivity index (χ2n) is 7.99. The highest BCUT2D eigenvalue weighted by Crippen LogP contribution is 2.44. The molecular weight excluding hydrogens is 418 g/mol. The molecule has 33 heavy (non-hydrogen) atoms. The molecule has 0 spiro atoms. The number of ether oxygens (including phenoxy) is 1. The monoisotopic (exact) mass is 443 g/mol. The van der Waals surface area contributed by atoms with E-state index >= 15 is 0 Å². The molecule has 1 aliphatic carbocycles. The molecule has 0 radical (unpaired) electrons. The highest BCUT2D eigenvalue weighted by atomic mass is 16.6. The average molecular weight is 444 g/mol. The Bertz CT molecular complexity index is 1190. The summed E-state index contributed by atoms with van der Waals surface area (Å²) in [5.41, 5.74) is 12.0. The van der Waals surface area contributed by atoms with Crippen molar-refractivity contribution in [3.63, 3.8) is 0 Å². The molecule has 1 amide bonds. The summed E-state index contributed by atoms with van der Waals surface area (Å²) >= 11 is 0. The maximum absolute atomic E-state index is 12.2. The lowest BCUT2D eigenvalue weighted by molar-refractivity contribution is -0.383. The number of nitro groups is 1. The van der Waals surface area contributed by atoms with E-state index in [2.05, 4.69) is 29.6 Å². The number of benzene rings is 3. The van der Waals surface area contributed by atoms with Gasteiger partial charge in [-0.05, 0) is 47.2 Å². The second-order valence-corrected chi connectivity index (χ2v) is 7.99. The molecule has 0 heterocycles. The molecule has 3 aromatic rings. The van der Waals surface area contributed by atoms with Gasteiger partial charge in [0.2, 0.25) is 0 Å². The minimum Gasteiger partial charge on any atom is -0.449 e. The number of amides is 1. The molecule has 3 aromatic carbocycles. The summed E-state index contributed by atoms with van der Waals surface area (Å²) < 4.78 is 5.51. The number of rotatable bonds is 7. The van der Waals surface area contributed by atoms with Crippen LogP contribution in [0, 0.1) is 17.0 Å². The molecular formula is C26H25N3O4. The molecule has 0 unspecified atom stereocenters. The number of fused-ring (bicyclic) bond motifs is 3. The van der Waals surface area contributed by atoms with Gasteiger partial charge in [0, 0.05) is 24.1 Å². The van der Waals surface area contributed by atoms with Crippen LogP contribution in [0.25, 0.3) is 17.2 Å². The Kier molecular flexibility index (Phi) is 6.40. The molecule has 0 bridgehead atoms. The maximum atomic E-state index is 12.2. The van der Waals surface area contributed by atoms with Crippen LogP contribution in [0.5, 0.6) is 0 Å². The second kappa shape index (κ2) is 9.56. The average Bonchev–Trinajstić information content (AvgIpc) is 3.13. The van der Waals surface area contributed by atoms with Crippen LogP contribution in [-0.2, 0) is 4.74 Å². The van der Waals surface area contributed by atoms with Crippen molar-refractivity contribution in [3.05, 3.63) is 99.1 Å². The minimum atomic E-state index is -0.488. The van der Waals surface area contributed by atoms with Gasteiger partial charge in [0.25, 0.3) is 5.69 Å². The number of anilines is 1. The van der Waals surface area contributed by atoms with Crippen molar-refractivity contribution in [2.75, 3.05) is 18.9 Å². The van der Waals surface area contributed by atoms with Crippen molar-refractivity contribution in [3.8, 4) is 11.1 Å². The Hall–Kier alpha value is -4.13. The van der Waals surface area contributed by atoms with Gasteiger partial charge >= 0.3 is 6.09 Å². The first kappa shape index (κ1) is 22.1. The molecule has 1 aliphatic rings. The van der Waals surface area contributed by atoms with Gasteiger partial charge in [-0.15, -0.1) is 0 Å². The summed E-state index contributed by atoms with van der Waals surface area (Å²) in [4.78, 5) is 22.8. The Morgan fingerprint density at radius 3 is 2.39 bits per heavy atom. The Labute approximate surface area is 192 Å². The molecule has 0 aromatic heterocycles. The molecule has 0 fully saturated rings. The molecule has 4 rings (SSSR count). The van der Waals surface area contributed by atoms with Crippen molar-refractivity contribution in [1.29, 1.82) is 0 Å². The number of carbonyl (C=O) groups is 1. The van der Waals surface area contributed by atoms with Crippen LogP contribution in [0.2, 0.25) is 0 Å². The Morgan fingerprint density at radius 1 is 1.12 bits per heavy atom. The lowest BCUT2D eigenvalue weighted by atomic mass is 9.98. The molecule has 3 N–H and O–H groups in total. The van der Waals surface area contributed by atoms with Gasteiger partial charge in [-0.3, -0.25) is 10.1 Å². The highest BCUT2D eigenvalue weighted by molar-refractivity contribution is 5.79. The van der Waals surface area contributed by atoms with Gasteiger partial charge in [-0.2, -0.15) is 0 Å². The predicted octanol–water partition coefficient (Wildman–Crippen LogP) is 5.43. The van der Waals surface area contributed by atoms with Crippen molar-refractivity contribution >= 4 is 23.5 Å². The normalized spacial score (nSPS) is 12.4. The number of nitrogens with zero attached hydrogens (tertiary/aromatic N) is 1. The van der Waals surface area contributed by atoms with Crippen molar-refractivity contribution < 1.29 is 14.5 Å². The number of hydrogen-bond acceptors (Lipinski definition) is 5. The number of nitro benzene ring substituents is 1. The SMILES string of the molecule is Cc1cc(C=CCCNC(=O)OCC2c3ccccc3-c3ccccc32)c(N)c([N+](=O)[O-])c1. The first-order valence-corrected chi connectivity index (χ1v) is 10.8. The lowest BCUT2D eigenvalue weighted by Gasteiger charge is -2.14. The zero-order chi connectivity index (χ0) is 23.4. The number of aryl methyl sites for hydroxylation is 1. The minimum absolute atomic E-state index is 0.0168. The molecule has 168 valence electrons. The van der Waals surface area contributed by atoms with Crippen LogP contribution in [-0.4, -0.2) is 24.2 Å². The van der Waals surface area contributed by atoms with Crippen LogP contribution in [0.1, 0.15) is 34.6 Å². The summed E-state index contributed by atoms with van der Waals surface area (Å²) in [7, 11) is 0. The summed E-state index contributed by atoms with van der Waals surface area (Å²) in [5.74, 6) is 0.0168. The number of alkyl carbamates (subject to hydrolysis) is 1. The van der Waals surface area contributed by atoms with Gasteiger partial charge in [0.1, 0.15) is 12.3 Å². The van der Waals surface area contributed by atoms with E-state index in [9.17, 15) is 14.9 Å². The number of nitrogen functional groups attached to an aromatic ring is 1. The fourth-order valence-corrected chi connectivity index (χ4v) is 4.21. The highest BCUT2D eigenvalue weighted by Gasteiger charge is 2.28. The van der Waals surface area contributed by atoms with Crippen LogP contribution in [0.15, 0.2) is 66.7 Å². The number of nitrogens with two attached hydrogens (primary N) is 1. The number of nitrogens with one attached hydrogen (secondary N) is 1. The summed E-state index contributed by atoms with van der Waals surface area (Å²) in [6.45, 7) is 2.42. The van der Waals surface area contributed by atoms with E-state index in [-0.39, 0.29) is 23.9 Å². The first-order valence-electron chi connectivity index (χ1n) is 10.8. The fraction of sp³-hybridized carbons (Fsp3) is 0.192. The van der Waals surface area contributed by atoms with E-state index in [1.54, 1.807) is 19.1 Å². The first-order chi connectivity index (χ1) is 16.0. The van der Waals surface area contributed by atoms with Crippen LogP contribution >= 0.6 is 0 Å². The van der Waals surface area contributed by atoms with Crippen LogP contribution in [0.4, 0.5) is 16.2 Å². The van der Waals surface area contributed by atoms with E-state index < -0.39 is 11.0 Å². The van der Waals surface area contributed by atoms with Crippen molar-refractivity contribution in [2.24, 2.45) is 0 Å². The lowest BCUT2D eigenvalue weighted by Crippen LogP contribution is -2.26. The van der Waals surface area contributed by atoms with Gasteiger partial charge in [0.05, 0.1) is 4.92 Å². The molecule has 0 aliphatic heterocycles. The largest absolute Gasteiger partial charge is 0.449 e. The van der Waals surface area contributed by atoms with Gasteiger partial charge in [-0.1, -0.05) is 60.7 Å². The van der Waals surface area contributed by atoms with Gasteiger partial charge < -0.3 is 15.8 Å². The van der Waals surface area contributed by atoms with Crippen LogP contribution < -0.4 is 11.1 Å². The zero-order valence-electron chi connectivity index (χ0n) is 18.3. The van der Waals surface area contributed by atoms with Gasteiger partial charge in [0.15, 0.2) is 0 Å². The number of hydrogen-bond donors (Lipinski definition) is 2. The summed E-state index contributed by atoms with van der Waals surface area (Å²) in [6.07, 6.45) is 3.61. The predicted molar refractivity (Wildman–Crippen MR) is 129 cm³/mol. The number of carbonyl (C=O) groups excluding carboxylic acids is 1. The molecule has 0 saturated heterocycles. The molecule has 7 nitrogen and oxygen atoms in total. The van der Waals surface area contributed by atoms with Gasteiger partial charge in [-0.25, -0.2) is 4.79 Å².